The van der Waals surface area contributed by atoms with Crippen molar-refractivity contribution in [2.24, 2.45) is 5.41 Å². The summed E-state index contributed by atoms with van der Waals surface area (Å²) in [5.41, 5.74) is -0.711. The van der Waals surface area contributed by atoms with Crippen LogP contribution in [0.3, 0.4) is 0 Å². The summed E-state index contributed by atoms with van der Waals surface area (Å²) in [7, 11) is 1.79. The number of hydrogen-bond donors (Lipinski definition) is 0. The smallest absolute Gasteiger partial charge is 0.243 e. The van der Waals surface area contributed by atoms with Gasteiger partial charge in [0.2, 0.25) is 5.91 Å². The van der Waals surface area contributed by atoms with E-state index in [1.54, 1.807) is 11.9 Å². The maximum absolute atomic E-state index is 12.1. The molecule has 0 radical (unpaired) electrons. The molecule has 1 heterocycles. The van der Waals surface area contributed by atoms with Crippen LogP contribution >= 0.6 is 0 Å². The second-order valence-electron chi connectivity index (χ2n) is 4.48. The van der Waals surface area contributed by atoms with Gasteiger partial charge in [0.1, 0.15) is 5.41 Å². The first-order valence-electron chi connectivity index (χ1n) is 5.46. The quantitative estimate of drug-likeness (QED) is 0.678. The molecule has 2 rings (SSSR count). The Balaban J connectivity index is 2.03. The number of ether oxygens (including phenoxy) is 1. The van der Waals surface area contributed by atoms with Gasteiger partial charge in [-0.25, -0.2) is 0 Å². The lowest BCUT2D eigenvalue weighted by Crippen LogP contribution is -2.49. The van der Waals surface area contributed by atoms with Gasteiger partial charge >= 0.3 is 0 Å². The summed E-state index contributed by atoms with van der Waals surface area (Å²) in [6, 6.07) is 2.36. The second kappa shape index (κ2) is 3.82. The third-order valence-corrected chi connectivity index (χ3v) is 3.60. The number of hydrogen-bond acceptors (Lipinski definition) is 3. The average molecular weight is 208 g/mol. The number of likely N-dealkylation sites (N-methyl/N-ethyl adjacent to an activating group) is 1. The number of nitriles is 1. The van der Waals surface area contributed by atoms with Crippen LogP contribution in [0.25, 0.3) is 0 Å². The normalized spacial score (nSPS) is 27.9. The molecule has 0 N–H and O–H groups in total. The van der Waals surface area contributed by atoms with Gasteiger partial charge in [0.15, 0.2) is 0 Å². The van der Waals surface area contributed by atoms with E-state index < -0.39 is 5.41 Å². The van der Waals surface area contributed by atoms with Crippen molar-refractivity contribution >= 4 is 5.91 Å². The minimum absolute atomic E-state index is 0.00764. The van der Waals surface area contributed by atoms with E-state index in [9.17, 15) is 4.79 Å². The van der Waals surface area contributed by atoms with Crippen molar-refractivity contribution in [3.8, 4) is 6.07 Å². The highest BCUT2D eigenvalue weighted by atomic mass is 16.5. The van der Waals surface area contributed by atoms with E-state index in [1.807, 2.05) is 0 Å². The first-order valence-corrected chi connectivity index (χ1v) is 5.46. The number of carbonyl (C=O) groups is 1. The zero-order chi connectivity index (χ0) is 10.9. The lowest BCUT2D eigenvalue weighted by molar-refractivity contribution is -0.143. The Labute approximate surface area is 89.8 Å². The van der Waals surface area contributed by atoms with Crippen LogP contribution in [0.2, 0.25) is 0 Å². The molecular weight excluding hydrogens is 192 g/mol. The van der Waals surface area contributed by atoms with Crippen LogP contribution in [0.1, 0.15) is 25.7 Å². The van der Waals surface area contributed by atoms with Crippen LogP contribution in [-0.2, 0) is 9.53 Å². The van der Waals surface area contributed by atoms with Crippen LogP contribution in [0.4, 0.5) is 0 Å². The summed E-state index contributed by atoms with van der Waals surface area (Å²) in [6.07, 6.45) is 3.33. The Hall–Kier alpha value is -1.08. The molecule has 0 aromatic heterocycles. The highest BCUT2D eigenvalue weighted by Crippen LogP contribution is 2.42. The predicted molar refractivity (Wildman–Crippen MR) is 53.9 cm³/mol. The molecule has 1 amide bonds. The highest BCUT2D eigenvalue weighted by molar-refractivity contribution is 5.86. The molecule has 0 bridgehead atoms. The molecule has 1 aliphatic carbocycles. The Morgan fingerprint density at radius 3 is 2.73 bits per heavy atom. The minimum atomic E-state index is -0.711. The summed E-state index contributed by atoms with van der Waals surface area (Å²) in [6.45, 7) is 1.34. The van der Waals surface area contributed by atoms with Gasteiger partial charge in [-0.05, 0) is 25.7 Å². The van der Waals surface area contributed by atoms with Crippen LogP contribution in [0.15, 0.2) is 0 Å². The second-order valence-corrected chi connectivity index (χ2v) is 4.48. The molecule has 1 unspecified atom stereocenters. The molecule has 15 heavy (non-hydrogen) atoms. The van der Waals surface area contributed by atoms with Gasteiger partial charge < -0.3 is 9.64 Å². The van der Waals surface area contributed by atoms with Crippen molar-refractivity contribution < 1.29 is 9.53 Å². The molecule has 0 spiro atoms. The van der Waals surface area contributed by atoms with Gasteiger partial charge in [0.25, 0.3) is 0 Å². The molecule has 2 fully saturated rings. The largest absolute Gasteiger partial charge is 0.379 e. The van der Waals surface area contributed by atoms with E-state index in [0.717, 1.165) is 32.3 Å². The molecule has 1 saturated carbocycles. The van der Waals surface area contributed by atoms with E-state index in [0.29, 0.717) is 6.61 Å². The lowest BCUT2D eigenvalue weighted by Gasteiger charge is -2.38. The van der Waals surface area contributed by atoms with Gasteiger partial charge in [-0.2, -0.15) is 5.26 Å². The van der Waals surface area contributed by atoms with Crippen molar-refractivity contribution in [3.05, 3.63) is 0 Å². The van der Waals surface area contributed by atoms with Gasteiger partial charge in [0, 0.05) is 13.7 Å². The fourth-order valence-corrected chi connectivity index (χ4v) is 2.23. The van der Waals surface area contributed by atoms with E-state index in [1.165, 1.54) is 0 Å². The van der Waals surface area contributed by atoms with Crippen LogP contribution < -0.4 is 0 Å². The summed E-state index contributed by atoms with van der Waals surface area (Å²) >= 11 is 0. The molecular formula is C11H16N2O2. The van der Waals surface area contributed by atoms with Crippen LogP contribution in [-0.4, -0.2) is 37.1 Å². The van der Waals surface area contributed by atoms with E-state index in [-0.39, 0.29) is 11.9 Å². The minimum Gasteiger partial charge on any atom is -0.379 e. The maximum atomic E-state index is 12.1. The average Bonchev–Trinajstić information content (AvgIpc) is 2.68. The monoisotopic (exact) mass is 208 g/mol. The van der Waals surface area contributed by atoms with E-state index in [4.69, 9.17) is 10.00 Å². The molecule has 1 aliphatic heterocycles. The van der Waals surface area contributed by atoms with Gasteiger partial charge in [-0.1, -0.05) is 0 Å². The maximum Gasteiger partial charge on any atom is 0.243 e. The first kappa shape index (κ1) is 10.4. The van der Waals surface area contributed by atoms with Crippen molar-refractivity contribution in [3.63, 3.8) is 0 Å². The summed E-state index contributed by atoms with van der Waals surface area (Å²) < 4.78 is 5.25. The SMILES string of the molecule is CN(C(=O)C1(C#N)CCC1)C1CCOC1. The molecule has 4 heteroatoms. The summed E-state index contributed by atoms with van der Waals surface area (Å²) in [4.78, 5) is 13.8. The zero-order valence-electron chi connectivity index (χ0n) is 9.03. The van der Waals surface area contributed by atoms with Gasteiger partial charge in [0.05, 0.1) is 18.7 Å². The Bertz CT molecular complexity index is 298. The van der Waals surface area contributed by atoms with Crippen molar-refractivity contribution in [2.75, 3.05) is 20.3 Å². The number of nitrogens with zero attached hydrogens (tertiary/aromatic N) is 2. The standard InChI is InChI=1S/C11H16N2O2/c1-13(9-3-6-15-7-9)10(14)11(8-12)4-2-5-11/h9H,2-7H2,1H3. The molecule has 1 atom stereocenters. The molecule has 0 aromatic carbocycles. The van der Waals surface area contributed by atoms with E-state index >= 15 is 0 Å². The zero-order valence-corrected chi connectivity index (χ0v) is 9.03. The number of carbonyl (C=O) groups excluding carboxylic acids is 1. The molecule has 82 valence electrons. The van der Waals surface area contributed by atoms with Crippen molar-refractivity contribution in [1.82, 2.24) is 4.90 Å². The van der Waals surface area contributed by atoms with Gasteiger partial charge in [-0.3, -0.25) is 4.79 Å². The van der Waals surface area contributed by atoms with E-state index in [2.05, 4.69) is 6.07 Å². The fraction of sp³-hybridized carbons (Fsp3) is 0.818. The molecule has 4 nitrogen and oxygen atoms in total. The molecule has 2 aliphatic rings. The van der Waals surface area contributed by atoms with Gasteiger partial charge in [-0.15, -0.1) is 0 Å². The Kier molecular flexibility index (Phi) is 2.66. The lowest BCUT2D eigenvalue weighted by atomic mass is 9.69. The summed E-state index contributed by atoms with van der Waals surface area (Å²) in [5.74, 6) is -0.00764. The highest BCUT2D eigenvalue weighted by Gasteiger charge is 2.47. The van der Waals surface area contributed by atoms with Crippen LogP contribution in [0, 0.1) is 16.7 Å². The topological polar surface area (TPSA) is 53.3 Å². The van der Waals surface area contributed by atoms with Crippen molar-refractivity contribution in [1.29, 1.82) is 5.26 Å². The Morgan fingerprint density at radius 1 is 1.60 bits per heavy atom. The molecule has 1 saturated heterocycles. The fourth-order valence-electron chi connectivity index (χ4n) is 2.23. The predicted octanol–water partition coefficient (Wildman–Crippen LogP) is 0.928. The first-order chi connectivity index (χ1) is 7.19. The van der Waals surface area contributed by atoms with Crippen molar-refractivity contribution in [2.45, 2.75) is 31.7 Å². The third-order valence-electron chi connectivity index (χ3n) is 3.60. The molecule has 0 aromatic rings. The summed E-state index contributed by atoms with van der Waals surface area (Å²) in [5, 5.41) is 9.07. The number of amides is 1. The van der Waals surface area contributed by atoms with Crippen LogP contribution in [0.5, 0.6) is 0 Å². The Morgan fingerprint density at radius 2 is 2.33 bits per heavy atom. The third kappa shape index (κ3) is 1.61. The number of rotatable bonds is 2.